The van der Waals surface area contributed by atoms with Crippen LogP contribution in [0.1, 0.15) is 11.1 Å². The van der Waals surface area contributed by atoms with E-state index in [1.165, 1.54) is 0 Å². The van der Waals surface area contributed by atoms with Gasteiger partial charge >= 0.3 is 0 Å². The fourth-order valence-corrected chi connectivity index (χ4v) is 1.57. The number of aromatic nitrogens is 2. The molecule has 0 aliphatic rings. The standard InChI is InChI=1S/C11H9ClN4/c1-7-6-16(15-11(7)14)10-3-2-9(12)4-8(10)5-13/h2-4,6H,1H3,(H2,14,15). The molecule has 0 radical (unpaired) electrons. The van der Waals surface area contributed by atoms with E-state index < -0.39 is 0 Å². The molecule has 0 amide bonds. The number of hydrogen-bond donors (Lipinski definition) is 1. The first-order valence-corrected chi connectivity index (χ1v) is 5.01. The minimum absolute atomic E-state index is 0.457. The molecule has 0 aliphatic carbocycles. The van der Waals surface area contributed by atoms with E-state index >= 15 is 0 Å². The van der Waals surface area contributed by atoms with Crippen molar-refractivity contribution in [1.82, 2.24) is 9.78 Å². The van der Waals surface area contributed by atoms with Gasteiger partial charge in [-0.05, 0) is 25.1 Å². The minimum atomic E-state index is 0.457. The van der Waals surface area contributed by atoms with Crippen molar-refractivity contribution in [3.8, 4) is 11.8 Å². The molecule has 4 nitrogen and oxygen atoms in total. The molecule has 0 atom stereocenters. The van der Waals surface area contributed by atoms with Crippen LogP contribution in [0, 0.1) is 18.3 Å². The molecule has 2 aromatic rings. The molecular weight excluding hydrogens is 224 g/mol. The Kier molecular flexibility index (Phi) is 2.55. The number of halogens is 1. The van der Waals surface area contributed by atoms with Gasteiger partial charge in [0.2, 0.25) is 0 Å². The van der Waals surface area contributed by atoms with Gasteiger partial charge in [0.25, 0.3) is 0 Å². The van der Waals surface area contributed by atoms with E-state index in [9.17, 15) is 0 Å². The SMILES string of the molecule is Cc1cn(-c2ccc(Cl)cc2C#N)nc1N. The number of hydrogen-bond acceptors (Lipinski definition) is 3. The Balaban J connectivity index is 2.60. The third-order valence-corrected chi connectivity index (χ3v) is 2.50. The summed E-state index contributed by atoms with van der Waals surface area (Å²) >= 11 is 5.81. The van der Waals surface area contributed by atoms with Gasteiger partial charge in [0.1, 0.15) is 11.9 Å². The molecule has 0 spiro atoms. The van der Waals surface area contributed by atoms with Crippen LogP contribution < -0.4 is 5.73 Å². The van der Waals surface area contributed by atoms with Crippen molar-refractivity contribution >= 4 is 17.4 Å². The smallest absolute Gasteiger partial charge is 0.148 e. The third kappa shape index (κ3) is 1.73. The number of nitrogen functional groups attached to an aromatic ring is 1. The van der Waals surface area contributed by atoms with Crippen LogP contribution in [-0.4, -0.2) is 9.78 Å². The molecule has 2 N–H and O–H groups in total. The van der Waals surface area contributed by atoms with Gasteiger partial charge in [-0.3, -0.25) is 0 Å². The predicted octanol–water partition coefficient (Wildman–Crippen LogP) is 2.29. The highest BCUT2D eigenvalue weighted by Gasteiger charge is 2.08. The van der Waals surface area contributed by atoms with E-state index in [4.69, 9.17) is 22.6 Å². The Morgan fingerprint density at radius 2 is 2.25 bits per heavy atom. The summed E-state index contributed by atoms with van der Waals surface area (Å²) in [6.45, 7) is 1.86. The monoisotopic (exact) mass is 232 g/mol. The quantitative estimate of drug-likeness (QED) is 0.820. The van der Waals surface area contributed by atoms with Gasteiger partial charge in [-0.2, -0.15) is 10.4 Å². The van der Waals surface area contributed by atoms with Crippen LogP contribution in [0.15, 0.2) is 24.4 Å². The predicted molar refractivity (Wildman–Crippen MR) is 62.4 cm³/mol. The Labute approximate surface area is 97.9 Å². The topological polar surface area (TPSA) is 67.6 Å². The second-order valence-corrected chi connectivity index (χ2v) is 3.85. The van der Waals surface area contributed by atoms with Crippen LogP contribution in [-0.2, 0) is 0 Å². The maximum atomic E-state index is 9.00. The van der Waals surface area contributed by atoms with E-state index in [1.807, 2.05) is 6.92 Å². The Morgan fingerprint density at radius 1 is 1.50 bits per heavy atom. The molecule has 0 unspecified atom stereocenters. The first-order chi connectivity index (χ1) is 7.61. The van der Waals surface area contributed by atoms with Crippen LogP contribution >= 0.6 is 11.6 Å². The normalized spacial score (nSPS) is 10.1. The van der Waals surface area contributed by atoms with Crippen molar-refractivity contribution in [1.29, 1.82) is 5.26 Å². The second-order valence-electron chi connectivity index (χ2n) is 3.42. The number of nitriles is 1. The number of rotatable bonds is 1. The fourth-order valence-electron chi connectivity index (χ4n) is 1.39. The highest BCUT2D eigenvalue weighted by molar-refractivity contribution is 6.30. The molecule has 1 heterocycles. The average Bonchev–Trinajstić information content (AvgIpc) is 2.59. The van der Waals surface area contributed by atoms with Crippen molar-refractivity contribution in [3.05, 3.63) is 40.5 Å². The maximum Gasteiger partial charge on any atom is 0.148 e. The van der Waals surface area contributed by atoms with Crippen LogP contribution in [0.4, 0.5) is 5.82 Å². The van der Waals surface area contributed by atoms with Crippen LogP contribution in [0.3, 0.4) is 0 Å². The van der Waals surface area contributed by atoms with Gasteiger partial charge in [-0.1, -0.05) is 11.6 Å². The zero-order chi connectivity index (χ0) is 11.7. The molecule has 16 heavy (non-hydrogen) atoms. The Hall–Kier alpha value is -1.99. The lowest BCUT2D eigenvalue weighted by Crippen LogP contribution is -1.99. The summed E-state index contributed by atoms with van der Waals surface area (Å²) in [5.74, 6) is 0.457. The Bertz CT molecular complexity index is 561. The van der Waals surface area contributed by atoms with Crippen molar-refractivity contribution in [2.45, 2.75) is 6.92 Å². The summed E-state index contributed by atoms with van der Waals surface area (Å²) in [5, 5.41) is 13.6. The molecule has 0 bridgehead atoms. The first kappa shape index (κ1) is 10.5. The lowest BCUT2D eigenvalue weighted by molar-refractivity contribution is 0.882. The van der Waals surface area contributed by atoms with Gasteiger partial charge in [0.05, 0.1) is 11.3 Å². The molecule has 1 aromatic carbocycles. The molecule has 1 aromatic heterocycles. The summed E-state index contributed by atoms with van der Waals surface area (Å²) in [4.78, 5) is 0. The lowest BCUT2D eigenvalue weighted by Gasteiger charge is -2.03. The highest BCUT2D eigenvalue weighted by atomic mass is 35.5. The lowest BCUT2D eigenvalue weighted by atomic mass is 10.2. The number of nitrogens with zero attached hydrogens (tertiary/aromatic N) is 3. The summed E-state index contributed by atoms with van der Waals surface area (Å²) in [7, 11) is 0. The van der Waals surface area contributed by atoms with E-state index in [0.29, 0.717) is 22.1 Å². The van der Waals surface area contributed by atoms with E-state index in [-0.39, 0.29) is 0 Å². The number of aryl methyl sites for hydroxylation is 1. The van der Waals surface area contributed by atoms with Crippen LogP contribution in [0.25, 0.3) is 5.69 Å². The molecule has 5 heteroatoms. The minimum Gasteiger partial charge on any atom is -0.382 e. The number of benzene rings is 1. The second kappa shape index (κ2) is 3.87. The van der Waals surface area contributed by atoms with E-state index in [2.05, 4.69) is 11.2 Å². The Morgan fingerprint density at radius 3 is 2.81 bits per heavy atom. The third-order valence-electron chi connectivity index (χ3n) is 2.26. The van der Waals surface area contributed by atoms with Crippen molar-refractivity contribution in [3.63, 3.8) is 0 Å². The van der Waals surface area contributed by atoms with Gasteiger partial charge in [-0.25, -0.2) is 4.68 Å². The van der Waals surface area contributed by atoms with Gasteiger partial charge in [0.15, 0.2) is 0 Å². The largest absolute Gasteiger partial charge is 0.382 e. The molecule has 80 valence electrons. The summed E-state index contributed by atoms with van der Waals surface area (Å²) < 4.78 is 1.58. The van der Waals surface area contributed by atoms with Crippen LogP contribution in [0.2, 0.25) is 5.02 Å². The molecule has 0 saturated carbocycles. The summed E-state index contributed by atoms with van der Waals surface area (Å²) in [6, 6.07) is 7.13. The van der Waals surface area contributed by atoms with E-state index in [0.717, 1.165) is 5.56 Å². The van der Waals surface area contributed by atoms with Crippen LogP contribution in [0.5, 0.6) is 0 Å². The zero-order valence-electron chi connectivity index (χ0n) is 8.61. The zero-order valence-corrected chi connectivity index (χ0v) is 9.36. The van der Waals surface area contributed by atoms with Gasteiger partial charge in [0, 0.05) is 16.8 Å². The number of nitrogens with two attached hydrogens (primary N) is 1. The maximum absolute atomic E-state index is 9.00. The first-order valence-electron chi connectivity index (χ1n) is 4.63. The molecule has 0 aliphatic heterocycles. The van der Waals surface area contributed by atoms with E-state index in [1.54, 1.807) is 29.1 Å². The summed E-state index contributed by atoms with van der Waals surface area (Å²) in [5.41, 5.74) is 7.67. The molecule has 2 rings (SSSR count). The molecule has 0 saturated heterocycles. The van der Waals surface area contributed by atoms with Gasteiger partial charge in [-0.15, -0.1) is 0 Å². The fraction of sp³-hybridized carbons (Fsp3) is 0.0909. The number of anilines is 1. The van der Waals surface area contributed by atoms with Gasteiger partial charge < -0.3 is 5.73 Å². The molecular formula is C11H9ClN4. The molecule has 0 fully saturated rings. The summed E-state index contributed by atoms with van der Waals surface area (Å²) in [6.07, 6.45) is 1.78. The van der Waals surface area contributed by atoms with Crippen molar-refractivity contribution in [2.75, 3.05) is 5.73 Å². The van der Waals surface area contributed by atoms with Crippen molar-refractivity contribution in [2.24, 2.45) is 0 Å². The van der Waals surface area contributed by atoms with Crippen molar-refractivity contribution < 1.29 is 0 Å². The average molecular weight is 233 g/mol. The highest BCUT2D eigenvalue weighted by Crippen LogP contribution is 2.20.